The molecule has 2 aromatic carbocycles. The fourth-order valence-corrected chi connectivity index (χ4v) is 5.96. The van der Waals surface area contributed by atoms with E-state index in [0.717, 1.165) is 60.0 Å². The lowest BCUT2D eigenvalue weighted by atomic mass is 9.99. The van der Waals surface area contributed by atoms with Crippen molar-refractivity contribution in [2.75, 3.05) is 26.2 Å². The van der Waals surface area contributed by atoms with Gasteiger partial charge in [-0.3, -0.25) is 9.59 Å². The fraction of sp³-hybridized carbons (Fsp3) is 0.448. The fourth-order valence-electron chi connectivity index (χ4n) is 5.38. The van der Waals surface area contributed by atoms with Crippen LogP contribution in [0.4, 0.5) is 0 Å². The van der Waals surface area contributed by atoms with Crippen LogP contribution in [-0.2, 0) is 0 Å². The summed E-state index contributed by atoms with van der Waals surface area (Å²) in [6, 6.07) is 9.90. The number of carbonyl (C=O) groups excluding carboxylic acids is 1. The number of pyridine rings is 1. The van der Waals surface area contributed by atoms with E-state index >= 15 is 0 Å². The number of hydrogen-bond acceptors (Lipinski definition) is 5. The maximum atomic E-state index is 13.4. The second-order valence-electron chi connectivity index (χ2n) is 10.3. The lowest BCUT2D eigenvalue weighted by Crippen LogP contribution is -2.42. The number of amides is 1. The van der Waals surface area contributed by atoms with Gasteiger partial charge < -0.3 is 25.7 Å². The highest BCUT2D eigenvalue weighted by atomic mass is 127. The van der Waals surface area contributed by atoms with Gasteiger partial charge in [-0.25, -0.2) is 0 Å². The normalized spacial score (nSPS) is 18.4. The van der Waals surface area contributed by atoms with Crippen molar-refractivity contribution in [3.8, 4) is 16.9 Å². The molecular formula is C29H34ClIN4O3. The quantitative estimate of drug-likeness (QED) is 0.266. The molecule has 5 rings (SSSR count). The molecule has 1 amide bonds. The number of halogens is 2. The van der Waals surface area contributed by atoms with Gasteiger partial charge in [-0.05, 0) is 111 Å². The number of aromatic nitrogens is 1. The van der Waals surface area contributed by atoms with Gasteiger partial charge in [0.2, 0.25) is 0 Å². The van der Waals surface area contributed by atoms with Gasteiger partial charge >= 0.3 is 0 Å². The molecular weight excluding hydrogens is 615 g/mol. The number of aryl methyl sites for hydroxylation is 1. The van der Waals surface area contributed by atoms with Gasteiger partial charge in [0, 0.05) is 21.0 Å². The van der Waals surface area contributed by atoms with Crippen molar-refractivity contribution in [1.29, 1.82) is 0 Å². The Labute approximate surface area is 241 Å². The van der Waals surface area contributed by atoms with Crippen molar-refractivity contribution in [3.63, 3.8) is 0 Å². The van der Waals surface area contributed by atoms with E-state index in [1.165, 1.54) is 12.8 Å². The summed E-state index contributed by atoms with van der Waals surface area (Å²) >= 11 is 8.87. The van der Waals surface area contributed by atoms with Crippen LogP contribution in [0.1, 0.15) is 54.4 Å². The molecule has 0 radical (unpaired) electrons. The molecule has 2 saturated heterocycles. The van der Waals surface area contributed by atoms with Crippen LogP contribution in [0.25, 0.3) is 22.0 Å². The van der Waals surface area contributed by atoms with Crippen LogP contribution in [0, 0.1) is 10.5 Å². The number of rotatable bonds is 7. The molecule has 1 aromatic heterocycles. The summed E-state index contributed by atoms with van der Waals surface area (Å²) in [5.41, 5.74) is 3.03. The Hall–Kier alpha value is -2.14. The van der Waals surface area contributed by atoms with Crippen LogP contribution in [0.3, 0.4) is 0 Å². The minimum atomic E-state index is -0.244. The van der Waals surface area contributed by atoms with Gasteiger partial charge in [0.05, 0.1) is 28.3 Å². The zero-order valence-electron chi connectivity index (χ0n) is 21.6. The highest BCUT2D eigenvalue weighted by molar-refractivity contribution is 14.1. The van der Waals surface area contributed by atoms with E-state index in [-0.39, 0.29) is 17.5 Å². The SMILES string of the molecule is Cc1cc(-c2c(OCC[C@@H]3CCCCN3)c3cc(C(=O)NC4CCNCC4)c(Cl)cc3[nH]c2=O)ccc1I. The summed E-state index contributed by atoms with van der Waals surface area (Å²) in [5, 5.41) is 11.0. The van der Waals surface area contributed by atoms with Crippen molar-refractivity contribution >= 4 is 51.0 Å². The van der Waals surface area contributed by atoms with Crippen LogP contribution in [-0.4, -0.2) is 49.2 Å². The number of H-pyrrole nitrogens is 1. The van der Waals surface area contributed by atoms with E-state index in [4.69, 9.17) is 16.3 Å². The van der Waals surface area contributed by atoms with Gasteiger partial charge in [0.15, 0.2) is 0 Å². The standard InChI is InChI=1S/C29H34ClIN4O3/c1-17-14-18(5-6-24(17)31)26-27(38-13-9-19-4-2-3-10-33-19)22-15-21(23(30)16-25(22)35-29(26)37)28(36)34-20-7-11-32-12-8-20/h5-6,14-16,19-20,32-33H,2-4,7-13H2,1H3,(H,34,36)(H,35,37)/t19-/m0/s1. The van der Waals surface area contributed by atoms with Crippen LogP contribution in [0.5, 0.6) is 5.75 Å². The minimum Gasteiger partial charge on any atom is -0.492 e. The number of aromatic amines is 1. The Morgan fingerprint density at radius 2 is 1.95 bits per heavy atom. The Morgan fingerprint density at radius 3 is 2.68 bits per heavy atom. The molecule has 0 aliphatic carbocycles. The summed E-state index contributed by atoms with van der Waals surface area (Å²) in [5.74, 6) is 0.284. The predicted octanol–water partition coefficient (Wildman–Crippen LogP) is 5.15. The van der Waals surface area contributed by atoms with Crippen LogP contribution in [0.15, 0.2) is 35.1 Å². The Morgan fingerprint density at radius 1 is 1.13 bits per heavy atom. The molecule has 0 saturated carbocycles. The molecule has 7 nitrogen and oxygen atoms in total. The van der Waals surface area contributed by atoms with E-state index in [0.29, 0.717) is 45.5 Å². The van der Waals surface area contributed by atoms with Crippen molar-refractivity contribution < 1.29 is 9.53 Å². The first-order valence-electron chi connectivity index (χ1n) is 13.4. The largest absolute Gasteiger partial charge is 0.492 e. The maximum Gasteiger partial charge on any atom is 0.260 e. The Kier molecular flexibility index (Phi) is 8.92. The molecule has 202 valence electrons. The third kappa shape index (κ3) is 6.19. The van der Waals surface area contributed by atoms with Gasteiger partial charge in [0.25, 0.3) is 11.5 Å². The monoisotopic (exact) mass is 648 g/mol. The zero-order valence-corrected chi connectivity index (χ0v) is 24.5. The average Bonchev–Trinajstić information content (AvgIpc) is 2.91. The van der Waals surface area contributed by atoms with Crippen LogP contribution in [0.2, 0.25) is 5.02 Å². The van der Waals surface area contributed by atoms with Crippen LogP contribution < -0.4 is 26.2 Å². The molecule has 4 N–H and O–H groups in total. The smallest absolute Gasteiger partial charge is 0.260 e. The highest BCUT2D eigenvalue weighted by Crippen LogP contribution is 2.36. The first-order chi connectivity index (χ1) is 18.4. The second-order valence-corrected chi connectivity index (χ2v) is 11.9. The lowest BCUT2D eigenvalue weighted by Gasteiger charge is -2.24. The predicted molar refractivity (Wildman–Crippen MR) is 162 cm³/mol. The Bertz CT molecular complexity index is 1380. The molecule has 1 atom stereocenters. The first kappa shape index (κ1) is 27.4. The second kappa shape index (κ2) is 12.4. The average molecular weight is 649 g/mol. The molecule has 3 heterocycles. The van der Waals surface area contributed by atoms with Gasteiger partial charge in [-0.2, -0.15) is 0 Å². The molecule has 2 aliphatic heterocycles. The van der Waals surface area contributed by atoms with Crippen molar-refractivity contribution in [1.82, 2.24) is 20.9 Å². The summed E-state index contributed by atoms with van der Waals surface area (Å²) in [6.07, 6.45) is 6.14. The van der Waals surface area contributed by atoms with Crippen molar-refractivity contribution in [2.45, 2.75) is 57.5 Å². The topological polar surface area (TPSA) is 95.2 Å². The molecule has 3 aromatic rings. The van der Waals surface area contributed by atoms with Crippen LogP contribution >= 0.6 is 34.2 Å². The van der Waals surface area contributed by atoms with Gasteiger partial charge in [-0.1, -0.05) is 30.2 Å². The molecule has 0 bridgehead atoms. The van der Waals surface area contributed by atoms with E-state index in [2.05, 4.69) is 43.5 Å². The number of nitrogens with one attached hydrogen (secondary N) is 4. The molecule has 0 spiro atoms. The number of benzene rings is 2. The lowest BCUT2D eigenvalue weighted by molar-refractivity contribution is 0.0930. The number of ether oxygens (including phenoxy) is 1. The third-order valence-corrected chi connectivity index (χ3v) is 9.07. The van der Waals surface area contributed by atoms with Crippen molar-refractivity contribution in [3.05, 3.63) is 60.4 Å². The minimum absolute atomic E-state index is 0.107. The highest BCUT2D eigenvalue weighted by Gasteiger charge is 2.23. The van der Waals surface area contributed by atoms with E-state index < -0.39 is 0 Å². The summed E-state index contributed by atoms with van der Waals surface area (Å²) in [4.78, 5) is 29.7. The summed E-state index contributed by atoms with van der Waals surface area (Å²) in [7, 11) is 0. The molecule has 2 aliphatic rings. The zero-order chi connectivity index (χ0) is 26.6. The Balaban J connectivity index is 1.55. The molecule has 0 unspecified atom stereocenters. The molecule has 38 heavy (non-hydrogen) atoms. The number of carbonyl (C=O) groups is 1. The number of fused-ring (bicyclic) bond motifs is 1. The summed E-state index contributed by atoms with van der Waals surface area (Å²) < 4.78 is 7.56. The molecule has 9 heteroatoms. The molecule has 2 fully saturated rings. The maximum absolute atomic E-state index is 13.4. The third-order valence-electron chi connectivity index (χ3n) is 7.54. The van der Waals surface area contributed by atoms with Gasteiger partial charge in [-0.15, -0.1) is 0 Å². The summed E-state index contributed by atoms with van der Waals surface area (Å²) in [6.45, 7) is 5.28. The van der Waals surface area contributed by atoms with Gasteiger partial charge in [0.1, 0.15) is 5.75 Å². The number of hydrogen-bond donors (Lipinski definition) is 4. The number of piperidine rings is 2. The first-order valence-corrected chi connectivity index (χ1v) is 14.9. The van der Waals surface area contributed by atoms with E-state index in [1.54, 1.807) is 12.1 Å². The van der Waals surface area contributed by atoms with Crippen molar-refractivity contribution in [2.24, 2.45) is 0 Å². The van der Waals surface area contributed by atoms with E-state index in [9.17, 15) is 9.59 Å². The van der Waals surface area contributed by atoms with E-state index in [1.807, 2.05) is 25.1 Å².